The number of benzene rings is 1. The van der Waals surface area contributed by atoms with Crippen LogP contribution in [0.5, 0.6) is 5.75 Å². The molecule has 1 aromatic rings. The van der Waals surface area contributed by atoms with Gasteiger partial charge in [0.2, 0.25) is 0 Å². The lowest BCUT2D eigenvalue weighted by Crippen LogP contribution is -2.16. The van der Waals surface area contributed by atoms with E-state index in [9.17, 15) is 8.42 Å². The van der Waals surface area contributed by atoms with E-state index in [-0.39, 0.29) is 4.90 Å². The maximum Gasteiger partial charge on any atom is 0.261 e. The van der Waals surface area contributed by atoms with Crippen LogP contribution in [0.3, 0.4) is 0 Å². The van der Waals surface area contributed by atoms with Gasteiger partial charge in [0.1, 0.15) is 5.75 Å². The second-order valence-electron chi connectivity index (χ2n) is 6.02. The molecule has 0 unspecified atom stereocenters. The van der Waals surface area contributed by atoms with Gasteiger partial charge in [-0.1, -0.05) is 19.3 Å². The molecule has 0 aliphatic heterocycles. The van der Waals surface area contributed by atoms with Crippen molar-refractivity contribution in [1.82, 2.24) is 0 Å². The van der Waals surface area contributed by atoms with Crippen molar-refractivity contribution < 1.29 is 13.2 Å². The zero-order valence-electron chi connectivity index (χ0n) is 12.9. The molecule has 0 saturated heterocycles. The fraction of sp³-hybridized carbons (Fsp3) is 0.625. The average molecular weight is 331 g/mol. The largest absolute Gasteiger partial charge is 0.493 e. The van der Waals surface area contributed by atoms with Crippen LogP contribution in [0.1, 0.15) is 48.8 Å². The smallest absolute Gasteiger partial charge is 0.261 e. The first kappa shape index (κ1) is 16.6. The maximum atomic E-state index is 11.6. The number of aryl methyl sites for hydroxylation is 1. The number of halogens is 1. The highest BCUT2D eigenvalue weighted by atomic mass is 35.7. The molecule has 21 heavy (non-hydrogen) atoms. The minimum atomic E-state index is -3.71. The van der Waals surface area contributed by atoms with Crippen LogP contribution < -0.4 is 4.74 Å². The maximum absolute atomic E-state index is 11.6. The van der Waals surface area contributed by atoms with E-state index in [4.69, 9.17) is 15.4 Å². The van der Waals surface area contributed by atoms with E-state index in [0.29, 0.717) is 18.1 Å². The normalized spacial score (nSPS) is 17.0. The van der Waals surface area contributed by atoms with Gasteiger partial charge in [0.15, 0.2) is 0 Å². The van der Waals surface area contributed by atoms with Crippen LogP contribution in [0.2, 0.25) is 0 Å². The summed E-state index contributed by atoms with van der Waals surface area (Å²) >= 11 is 0. The van der Waals surface area contributed by atoms with Gasteiger partial charge in [-0.05, 0) is 62.3 Å². The number of hydrogen-bond acceptors (Lipinski definition) is 3. The second-order valence-corrected chi connectivity index (χ2v) is 8.56. The van der Waals surface area contributed by atoms with Crippen molar-refractivity contribution in [1.29, 1.82) is 0 Å². The molecule has 0 atom stereocenters. The summed E-state index contributed by atoms with van der Waals surface area (Å²) in [6.07, 6.45) is 6.36. The minimum Gasteiger partial charge on any atom is -0.493 e. The number of rotatable bonds is 4. The Bertz CT molecular complexity index is 617. The summed E-state index contributed by atoms with van der Waals surface area (Å²) in [5.41, 5.74) is 2.37. The van der Waals surface area contributed by atoms with E-state index < -0.39 is 9.05 Å². The summed E-state index contributed by atoms with van der Waals surface area (Å²) in [7, 11) is 1.78. The molecule has 0 N–H and O–H groups in total. The lowest BCUT2D eigenvalue weighted by atomic mass is 9.90. The van der Waals surface area contributed by atoms with Crippen LogP contribution in [0.15, 0.2) is 11.0 Å². The topological polar surface area (TPSA) is 43.4 Å². The fourth-order valence-corrected chi connectivity index (χ4v) is 4.37. The molecular weight excluding hydrogens is 308 g/mol. The van der Waals surface area contributed by atoms with Crippen molar-refractivity contribution in [3.8, 4) is 5.75 Å². The lowest BCUT2D eigenvalue weighted by Gasteiger charge is -2.23. The molecule has 1 fully saturated rings. The predicted octanol–water partition coefficient (Wildman–Crippen LogP) is 4.50. The molecule has 0 radical (unpaired) electrons. The van der Waals surface area contributed by atoms with Gasteiger partial charge in [-0.25, -0.2) is 8.42 Å². The average Bonchev–Trinajstić information content (AvgIpc) is 2.42. The van der Waals surface area contributed by atoms with Crippen LogP contribution in [0, 0.1) is 26.7 Å². The van der Waals surface area contributed by atoms with Gasteiger partial charge in [0.25, 0.3) is 9.05 Å². The molecule has 1 aliphatic carbocycles. The van der Waals surface area contributed by atoms with Gasteiger partial charge in [-0.2, -0.15) is 0 Å². The summed E-state index contributed by atoms with van der Waals surface area (Å²) < 4.78 is 29.2. The van der Waals surface area contributed by atoms with Crippen LogP contribution in [-0.2, 0) is 9.05 Å². The van der Waals surface area contributed by atoms with Crippen LogP contribution in [0.4, 0.5) is 0 Å². The third kappa shape index (κ3) is 3.92. The Balaban J connectivity index is 2.22. The van der Waals surface area contributed by atoms with Crippen molar-refractivity contribution in [2.75, 3.05) is 6.61 Å². The first-order chi connectivity index (χ1) is 9.80. The van der Waals surface area contributed by atoms with E-state index in [0.717, 1.165) is 16.9 Å². The Labute approximate surface area is 132 Å². The molecular formula is C16H23ClO3S. The van der Waals surface area contributed by atoms with Gasteiger partial charge in [-0.15, -0.1) is 0 Å². The molecule has 0 bridgehead atoms. The Hall–Kier alpha value is -0.740. The highest BCUT2D eigenvalue weighted by molar-refractivity contribution is 8.13. The van der Waals surface area contributed by atoms with Gasteiger partial charge >= 0.3 is 0 Å². The number of hydrogen-bond donors (Lipinski definition) is 0. The predicted molar refractivity (Wildman–Crippen MR) is 85.8 cm³/mol. The van der Waals surface area contributed by atoms with Crippen LogP contribution >= 0.6 is 10.7 Å². The summed E-state index contributed by atoms with van der Waals surface area (Å²) in [5.74, 6) is 1.43. The van der Waals surface area contributed by atoms with Crippen LogP contribution in [-0.4, -0.2) is 15.0 Å². The zero-order chi connectivity index (χ0) is 15.6. The summed E-state index contributed by atoms with van der Waals surface area (Å²) in [4.78, 5) is 0.184. The second kappa shape index (κ2) is 6.57. The first-order valence-electron chi connectivity index (χ1n) is 7.49. The summed E-state index contributed by atoms with van der Waals surface area (Å²) in [6.45, 7) is 6.25. The van der Waals surface area contributed by atoms with Crippen molar-refractivity contribution in [3.05, 3.63) is 22.8 Å². The summed E-state index contributed by atoms with van der Waals surface area (Å²) in [6, 6.07) is 1.61. The molecule has 2 rings (SSSR count). The van der Waals surface area contributed by atoms with E-state index in [1.165, 1.54) is 32.1 Å². The van der Waals surface area contributed by atoms with E-state index >= 15 is 0 Å². The van der Waals surface area contributed by atoms with Gasteiger partial charge in [-0.3, -0.25) is 0 Å². The minimum absolute atomic E-state index is 0.184. The third-order valence-electron chi connectivity index (χ3n) is 4.43. The Morgan fingerprint density at radius 2 is 1.76 bits per heavy atom. The Morgan fingerprint density at radius 3 is 2.33 bits per heavy atom. The highest BCUT2D eigenvalue weighted by Crippen LogP contribution is 2.33. The van der Waals surface area contributed by atoms with Crippen molar-refractivity contribution >= 4 is 19.7 Å². The fourth-order valence-electron chi connectivity index (χ4n) is 3.05. The molecule has 5 heteroatoms. The van der Waals surface area contributed by atoms with Crippen molar-refractivity contribution in [2.45, 2.75) is 57.8 Å². The zero-order valence-corrected chi connectivity index (χ0v) is 14.5. The molecule has 1 aromatic carbocycles. The van der Waals surface area contributed by atoms with E-state index in [2.05, 4.69) is 0 Å². The summed E-state index contributed by atoms with van der Waals surface area (Å²) in [5, 5.41) is 0. The van der Waals surface area contributed by atoms with Gasteiger partial charge < -0.3 is 4.74 Å². The molecule has 0 heterocycles. The SMILES string of the molecule is Cc1cc(S(=O)(=O)Cl)c(C)c(C)c1OCC1CCCCC1. The molecule has 0 amide bonds. The highest BCUT2D eigenvalue weighted by Gasteiger charge is 2.20. The van der Waals surface area contributed by atoms with E-state index in [1.807, 2.05) is 13.8 Å². The first-order valence-corrected chi connectivity index (χ1v) is 9.80. The van der Waals surface area contributed by atoms with Crippen molar-refractivity contribution in [3.63, 3.8) is 0 Å². The van der Waals surface area contributed by atoms with E-state index in [1.54, 1.807) is 13.0 Å². The lowest BCUT2D eigenvalue weighted by molar-refractivity contribution is 0.206. The Morgan fingerprint density at radius 1 is 1.14 bits per heavy atom. The third-order valence-corrected chi connectivity index (χ3v) is 5.88. The van der Waals surface area contributed by atoms with Gasteiger partial charge in [0.05, 0.1) is 11.5 Å². The molecule has 3 nitrogen and oxygen atoms in total. The molecule has 0 spiro atoms. The van der Waals surface area contributed by atoms with Crippen LogP contribution in [0.25, 0.3) is 0 Å². The van der Waals surface area contributed by atoms with Gasteiger partial charge in [0, 0.05) is 10.7 Å². The molecule has 1 aliphatic rings. The molecule has 1 saturated carbocycles. The molecule has 0 aromatic heterocycles. The Kier molecular flexibility index (Phi) is 5.20. The quantitative estimate of drug-likeness (QED) is 0.763. The van der Waals surface area contributed by atoms with Crippen molar-refractivity contribution in [2.24, 2.45) is 5.92 Å². The monoisotopic (exact) mass is 330 g/mol. The molecule has 118 valence electrons. The standard InChI is InChI=1S/C16H23ClO3S/c1-11-9-15(21(17,18)19)12(2)13(3)16(11)20-10-14-7-5-4-6-8-14/h9,14H,4-8,10H2,1-3H3. The number of ether oxygens (including phenoxy) is 1.